The number of ketones is 1. The molecular formula is C10H9ClO3S. The van der Waals surface area contributed by atoms with E-state index in [2.05, 4.69) is 6.58 Å². The van der Waals surface area contributed by atoms with Gasteiger partial charge in [-0.15, -0.1) is 0 Å². The van der Waals surface area contributed by atoms with E-state index in [1.54, 1.807) is 6.92 Å². The van der Waals surface area contributed by atoms with Crippen molar-refractivity contribution in [3.05, 3.63) is 42.0 Å². The van der Waals surface area contributed by atoms with Crippen LogP contribution in [0.25, 0.3) is 0 Å². The van der Waals surface area contributed by atoms with Crippen LogP contribution >= 0.6 is 10.7 Å². The van der Waals surface area contributed by atoms with Gasteiger partial charge in [0.1, 0.15) is 0 Å². The van der Waals surface area contributed by atoms with Crippen molar-refractivity contribution in [2.75, 3.05) is 0 Å². The van der Waals surface area contributed by atoms with Crippen LogP contribution < -0.4 is 0 Å². The van der Waals surface area contributed by atoms with Crippen molar-refractivity contribution in [3.63, 3.8) is 0 Å². The average Bonchev–Trinajstić information content (AvgIpc) is 2.15. The quantitative estimate of drug-likeness (QED) is 0.466. The third-order valence-corrected chi connectivity index (χ3v) is 3.16. The Morgan fingerprint density at radius 2 is 1.73 bits per heavy atom. The van der Waals surface area contributed by atoms with Crippen LogP contribution in [0.5, 0.6) is 0 Å². The van der Waals surface area contributed by atoms with Crippen LogP contribution in [0.3, 0.4) is 0 Å². The minimum Gasteiger partial charge on any atom is -0.289 e. The summed E-state index contributed by atoms with van der Waals surface area (Å²) >= 11 is 0. The standard InChI is InChI=1S/C10H9ClO3S/c1-7(2)10(12)8-3-5-9(6-4-8)15(11,13)14/h3-6H,1H2,2H3. The van der Waals surface area contributed by atoms with Gasteiger partial charge in [-0.1, -0.05) is 6.58 Å². The van der Waals surface area contributed by atoms with Gasteiger partial charge in [0.2, 0.25) is 0 Å². The monoisotopic (exact) mass is 244 g/mol. The van der Waals surface area contributed by atoms with E-state index in [0.717, 1.165) is 0 Å². The van der Waals surface area contributed by atoms with E-state index < -0.39 is 9.05 Å². The predicted molar refractivity (Wildman–Crippen MR) is 58.6 cm³/mol. The van der Waals surface area contributed by atoms with Crippen molar-refractivity contribution in [2.24, 2.45) is 0 Å². The molecular weight excluding hydrogens is 236 g/mol. The minimum absolute atomic E-state index is 0.0255. The van der Waals surface area contributed by atoms with Gasteiger partial charge in [-0.2, -0.15) is 0 Å². The summed E-state index contributed by atoms with van der Waals surface area (Å²) in [5.41, 5.74) is 0.794. The molecule has 5 heteroatoms. The highest BCUT2D eigenvalue weighted by Gasteiger charge is 2.11. The Labute approximate surface area is 92.8 Å². The lowest BCUT2D eigenvalue weighted by atomic mass is 10.1. The zero-order chi connectivity index (χ0) is 11.6. The minimum atomic E-state index is -3.73. The van der Waals surface area contributed by atoms with Crippen molar-refractivity contribution in [1.29, 1.82) is 0 Å². The Morgan fingerprint density at radius 1 is 1.27 bits per heavy atom. The molecule has 1 rings (SSSR count). The van der Waals surface area contributed by atoms with Crippen molar-refractivity contribution < 1.29 is 13.2 Å². The van der Waals surface area contributed by atoms with Gasteiger partial charge in [-0.25, -0.2) is 8.42 Å². The number of hydrogen-bond acceptors (Lipinski definition) is 3. The van der Waals surface area contributed by atoms with Gasteiger partial charge in [-0.05, 0) is 36.8 Å². The molecule has 80 valence electrons. The van der Waals surface area contributed by atoms with Crippen molar-refractivity contribution in [3.8, 4) is 0 Å². The molecule has 0 amide bonds. The smallest absolute Gasteiger partial charge is 0.261 e. The zero-order valence-corrected chi connectivity index (χ0v) is 9.60. The molecule has 0 radical (unpaired) electrons. The molecule has 3 nitrogen and oxygen atoms in total. The fraction of sp³-hybridized carbons (Fsp3) is 0.100. The van der Waals surface area contributed by atoms with Gasteiger partial charge >= 0.3 is 0 Å². The van der Waals surface area contributed by atoms with Crippen molar-refractivity contribution in [1.82, 2.24) is 0 Å². The molecule has 0 aliphatic heterocycles. The highest BCUT2D eigenvalue weighted by molar-refractivity contribution is 8.13. The average molecular weight is 245 g/mol. The van der Waals surface area contributed by atoms with Gasteiger partial charge in [0.05, 0.1) is 4.90 Å². The lowest BCUT2D eigenvalue weighted by molar-refractivity contribution is 0.103. The van der Waals surface area contributed by atoms with E-state index in [4.69, 9.17) is 10.7 Å². The maximum atomic E-state index is 11.4. The van der Waals surface area contributed by atoms with Gasteiger partial charge in [0, 0.05) is 16.2 Å². The number of benzene rings is 1. The Bertz CT molecular complexity index is 500. The van der Waals surface area contributed by atoms with E-state index in [0.29, 0.717) is 11.1 Å². The Balaban J connectivity index is 3.12. The SMILES string of the molecule is C=C(C)C(=O)c1ccc(S(=O)(=O)Cl)cc1. The summed E-state index contributed by atoms with van der Waals surface area (Å²) in [5, 5.41) is 0. The molecule has 0 bridgehead atoms. The van der Waals surface area contributed by atoms with Crippen LogP contribution in [0, 0.1) is 0 Å². The first-order chi connectivity index (χ1) is 6.82. The third-order valence-electron chi connectivity index (χ3n) is 1.79. The van der Waals surface area contributed by atoms with Crippen LogP contribution in [-0.2, 0) is 9.05 Å². The van der Waals surface area contributed by atoms with E-state index in [1.165, 1.54) is 24.3 Å². The topological polar surface area (TPSA) is 51.2 Å². The number of hydrogen-bond donors (Lipinski definition) is 0. The first-order valence-electron chi connectivity index (χ1n) is 4.07. The Morgan fingerprint density at radius 3 is 2.07 bits per heavy atom. The molecule has 0 atom stereocenters. The maximum Gasteiger partial charge on any atom is 0.261 e. The summed E-state index contributed by atoms with van der Waals surface area (Å²) in [6.07, 6.45) is 0. The molecule has 1 aromatic rings. The molecule has 0 aliphatic carbocycles. The number of allylic oxidation sites excluding steroid dienone is 1. The lowest BCUT2D eigenvalue weighted by Crippen LogP contribution is -2.00. The number of carbonyl (C=O) groups is 1. The molecule has 15 heavy (non-hydrogen) atoms. The second-order valence-corrected chi connectivity index (χ2v) is 5.64. The second-order valence-electron chi connectivity index (χ2n) is 3.07. The van der Waals surface area contributed by atoms with E-state index in [1.807, 2.05) is 0 Å². The van der Waals surface area contributed by atoms with Gasteiger partial charge in [0.25, 0.3) is 9.05 Å². The first kappa shape index (κ1) is 11.9. The van der Waals surface area contributed by atoms with Crippen LogP contribution in [0.2, 0.25) is 0 Å². The second kappa shape index (κ2) is 4.16. The number of carbonyl (C=O) groups excluding carboxylic acids is 1. The van der Waals surface area contributed by atoms with Crippen molar-refractivity contribution >= 4 is 25.5 Å². The number of rotatable bonds is 3. The van der Waals surface area contributed by atoms with Gasteiger partial charge in [-0.3, -0.25) is 4.79 Å². The summed E-state index contributed by atoms with van der Waals surface area (Å²) in [6.45, 7) is 5.10. The highest BCUT2D eigenvalue weighted by atomic mass is 35.7. The van der Waals surface area contributed by atoms with E-state index in [-0.39, 0.29) is 10.7 Å². The molecule has 0 saturated carbocycles. The molecule has 0 saturated heterocycles. The largest absolute Gasteiger partial charge is 0.289 e. The molecule has 0 N–H and O–H groups in total. The Kier molecular flexibility index (Phi) is 3.31. The van der Waals surface area contributed by atoms with Crippen LogP contribution in [-0.4, -0.2) is 14.2 Å². The lowest BCUT2D eigenvalue weighted by Gasteiger charge is -2.00. The molecule has 0 aromatic heterocycles. The molecule has 1 aromatic carbocycles. The van der Waals surface area contributed by atoms with Crippen LogP contribution in [0.1, 0.15) is 17.3 Å². The van der Waals surface area contributed by atoms with Gasteiger partial charge in [0.15, 0.2) is 5.78 Å². The fourth-order valence-corrected chi connectivity index (χ4v) is 1.79. The van der Waals surface area contributed by atoms with E-state index >= 15 is 0 Å². The zero-order valence-electron chi connectivity index (χ0n) is 8.03. The molecule has 0 fully saturated rings. The molecule has 0 spiro atoms. The number of Topliss-reactive ketones (excluding diaryl/α,β-unsaturated/α-hetero) is 1. The highest BCUT2D eigenvalue weighted by Crippen LogP contribution is 2.16. The number of halogens is 1. The third kappa shape index (κ3) is 2.91. The van der Waals surface area contributed by atoms with Crippen LogP contribution in [0.4, 0.5) is 0 Å². The normalized spacial score (nSPS) is 11.1. The van der Waals surface area contributed by atoms with Gasteiger partial charge < -0.3 is 0 Å². The molecule has 0 aliphatic rings. The fourth-order valence-electron chi connectivity index (χ4n) is 1.02. The maximum absolute atomic E-state index is 11.4. The molecule has 0 heterocycles. The summed E-state index contributed by atoms with van der Waals surface area (Å²) < 4.78 is 21.8. The van der Waals surface area contributed by atoms with E-state index in [9.17, 15) is 13.2 Å². The summed E-state index contributed by atoms with van der Waals surface area (Å²) in [6, 6.07) is 5.40. The van der Waals surface area contributed by atoms with Crippen LogP contribution in [0.15, 0.2) is 41.3 Å². The molecule has 0 unspecified atom stereocenters. The first-order valence-corrected chi connectivity index (χ1v) is 6.38. The van der Waals surface area contributed by atoms with Crippen molar-refractivity contribution in [2.45, 2.75) is 11.8 Å². The Hall–Kier alpha value is -1.13. The summed E-state index contributed by atoms with van der Waals surface area (Å²) in [4.78, 5) is 11.4. The summed E-state index contributed by atoms with van der Waals surface area (Å²) in [7, 11) is 1.40. The predicted octanol–water partition coefficient (Wildman–Crippen LogP) is 2.37. The summed E-state index contributed by atoms with van der Waals surface area (Å²) in [5.74, 6) is -0.214.